The molecule has 1 heterocycles. The lowest BCUT2D eigenvalue weighted by atomic mass is 10.1. The lowest BCUT2D eigenvalue weighted by Crippen LogP contribution is -2.27. The Bertz CT molecular complexity index is 757. The Morgan fingerprint density at radius 1 is 1.50 bits per heavy atom. The Morgan fingerprint density at radius 3 is 2.68 bits per heavy atom. The molecule has 1 aliphatic heterocycles. The number of carbonyl (C=O) groups is 1. The quantitative estimate of drug-likeness (QED) is 0.427. The number of rotatable bonds is 4. The number of nitrogens with zero attached hydrogens (tertiary/aromatic N) is 2. The van der Waals surface area contributed by atoms with E-state index in [1.54, 1.807) is 0 Å². The van der Waals surface area contributed by atoms with Crippen LogP contribution < -0.4 is 4.90 Å². The number of hydrogen-bond acceptors (Lipinski definition) is 5. The normalized spacial score (nSPS) is 18.8. The van der Waals surface area contributed by atoms with Gasteiger partial charge < -0.3 is 4.90 Å². The molecule has 1 aliphatic rings. The Kier molecular flexibility index (Phi) is 4.73. The van der Waals surface area contributed by atoms with Crippen LogP contribution in [0.1, 0.15) is 6.42 Å². The molecule has 1 fully saturated rings. The summed E-state index contributed by atoms with van der Waals surface area (Å²) < 4.78 is 36.4. The van der Waals surface area contributed by atoms with Crippen molar-refractivity contribution >= 4 is 52.9 Å². The average molecular weight is 416 g/mol. The van der Waals surface area contributed by atoms with Crippen LogP contribution in [0.4, 0.5) is 15.8 Å². The van der Waals surface area contributed by atoms with Crippen LogP contribution in [0, 0.1) is 21.8 Å². The third-order valence-corrected chi connectivity index (χ3v) is 4.82. The first kappa shape index (κ1) is 17.1. The van der Waals surface area contributed by atoms with E-state index in [0.717, 1.165) is 17.0 Å². The maximum absolute atomic E-state index is 14.1. The van der Waals surface area contributed by atoms with E-state index in [0.29, 0.717) is 0 Å². The third-order valence-electron chi connectivity index (χ3n) is 3.11. The summed E-state index contributed by atoms with van der Waals surface area (Å²) in [5, 5.41) is 11.1. The molecule has 7 nitrogen and oxygen atoms in total. The van der Waals surface area contributed by atoms with Gasteiger partial charge in [0.25, 0.3) is 5.69 Å². The number of carbonyl (C=O) groups excluding carboxylic acids is 1. The molecule has 0 aliphatic carbocycles. The van der Waals surface area contributed by atoms with Crippen LogP contribution in [0.2, 0.25) is 0 Å². The van der Waals surface area contributed by atoms with Gasteiger partial charge in [-0.1, -0.05) is 15.9 Å². The molecule has 0 spiro atoms. The van der Waals surface area contributed by atoms with Gasteiger partial charge in [-0.3, -0.25) is 14.9 Å². The van der Waals surface area contributed by atoms with E-state index in [2.05, 4.69) is 15.9 Å². The number of anilines is 1. The van der Waals surface area contributed by atoms with Crippen LogP contribution in [-0.2, 0) is 13.8 Å². The van der Waals surface area contributed by atoms with Crippen molar-refractivity contribution in [1.82, 2.24) is 0 Å². The van der Waals surface area contributed by atoms with Gasteiger partial charge in [0, 0.05) is 40.1 Å². The van der Waals surface area contributed by atoms with Gasteiger partial charge in [-0.25, -0.2) is 12.8 Å². The predicted molar refractivity (Wildman–Crippen MR) is 80.9 cm³/mol. The molecule has 11 heteroatoms. The maximum atomic E-state index is 14.1. The van der Waals surface area contributed by atoms with E-state index >= 15 is 0 Å². The van der Waals surface area contributed by atoms with Crippen LogP contribution >= 0.6 is 26.6 Å². The van der Waals surface area contributed by atoms with E-state index in [4.69, 9.17) is 10.7 Å². The second-order valence-electron chi connectivity index (χ2n) is 4.79. The van der Waals surface area contributed by atoms with Gasteiger partial charge in [-0.15, -0.1) is 0 Å². The molecule has 0 aromatic heterocycles. The fourth-order valence-corrected chi connectivity index (χ4v) is 4.09. The van der Waals surface area contributed by atoms with Gasteiger partial charge in [-0.05, 0) is 6.07 Å². The zero-order valence-electron chi connectivity index (χ0n) is 10.8. The number of amides is 1. The van der Waals surface area contributed by atoms with E-state index in [1.165, 1.54) is 0 Å². The molecule has 0 saturated carbocycles. The highest BCUT2D eigenvalue weighted by molar-refractivity contribution is 9.10. The minimum Gasteiger partial charge on any atom is -0.304 e. The van der Waals surface area contributed by atoms with E-state index in [9.17, 15) is 27.7 Å². The first-order valence-corrected chi connectivity index (χ1v) is 9.22. The molecule has 1 aromatic rings. The molecular weight excluding hydrogens is 407 g/mol. The average Bonchev–Trinajstić information content (AvgIpc) is 2.66. The number of halogens is 3. The first-order valence-electron chi connectivity index (χ1n) is 5.94. The van der Waals surface area contributed by atoms with Gasteiger partial charge in [0.2, 0.25) is 15.0 Å². The van der Waals surface area contributed by atoms with Crippen LogP contribution in [0.3, 0.4) is 0 Å². The van der Waals surface area contributed by atoms with Crippen molar-refractivity contribution in [3.63, 3.8) is 0 Å². The number of nitro groups is 1. The van der Waals surface area contributed by atoms with Crippen LogP contribution in [0.25, 0.3) is 0 Å². The Morgan fingerprint density at radius 2 is 2.14 bits per heavy atom. The summed E-state index contributed by atoms with van der Waals surface area (Å²) in [5.41, 5.74) is -1.04. The third kappa shape index (κ3) is 3.73. The number of hydrogen-bond donors (Lipinski definition) is 0. The summed E-state index contributed by atoms with van der Waals surface area (Å²) >= 11 is 2.95. The zero-order chi connectivity index (χ0) is 16.7. The molecule has 1 aromatic carbocycles. The molecule has 1 unspecified atom stereocenters. The lowest BCUT2D eigenvalue weighted by molar-refractivity contribution is -0.384. The van der Waals surface area contributed by atoms with E-state index < -0.39 is 48.7 Å². The van der Waals surface area contributed by atoms with Crippen molar-refractivity contribution in [2.45, 2.75) is 6.42 Å². The van der Waals surface area contributed by atoms with Crippen molar-refractivity contribution in [3.8, 4) is 0 Å². The van der Waals surface area contributed by atoms with Gasteiger partial charge in [0.05, 0.1) is 10.7 Å². The van der Waals surface area contributed by atoms with Crippen molar-refractivity contribution in [3.05, 3.63) is 32.5 Å². The molecule has 1 saturated heterocycles. The Labute approximate surface area is 137 Å². The fraction of sp³-hybridized carbons (Fsp3) is 0.364. The monoisotopic (exact) mass is 414 g/mol. The Balaban J connectivity index is 2.40. The van der Waals surface area contributed by atoms with Crippen LogP contribution in [0.15, 0.2) is 16.6 Å². The molecule has 120 valence electrons. The predicted octanol–water partition coefficient (Wildman–Crippen LogP) is 2.42. The van der Waals surface area contributed by atoms with E-state index in [1.807, 2.05) is 0 Å². The second kappa shape index (κ2) is 6.09. The summed E-state index contributed by atoms with van der Waals surface area (Å²) in [6.07, 6.45) is -0.168. The lowest BCUT2D eigenvalue weighted by Gasteiger charge is -2.17. The summed E-state index contributed by atoms with van der Waals surface area (Å²) in [6, 6.07) is 2.08. The smallest absolute Gasteiger partial charge is 0.297 e. The van der Waals surface area contributed by atoms with Gasteiger partial charge >= 0.3 is 0 Å². The number of nitro benzene ring substituents is 1. The highest BCUT2D eigenvalue weighted by Gasteiger charge is 2.38. The summed E-state index contributed by atoms with van der Waals surface area (Å²) in [7, 11) is 1.32. The van der Waals surface area contributed by atoms with E-state index in [-0.39, 0.29) is 17.4 Å². The molecule has 1 atom stereocenters. The number of benzene rings is 1. The zero-order valence-corrected chi connectivity index (χ0v) is 14.0. The van der Waals surface area contributed by atoms with Crippen molar-refractivity contribution in [1.29, 1.82) is 0 Å². The van der Waals surface area contributed by atoms with Gasteiger partial charge in [-0.2, -0.15) is 0 Å². The van der Waals surface area contributed by atoms with Gasteiger partial charge in [0.15, 0.2) is 11.5 Å². The molecule has 2 rings (SSSR count). The van der Waals surface area contributed by atoms with Crippen molar-refractivity contribution in [2.75, 3.05) is 17.2 Å². The minimum absolute atomic E-state index is 0.149. The maximum Gasteiger partial charge on any atom is 0.297 e. The summed E-state index contributed by atoms with van der Waals surface area (Å²) in [5.74, 6) is -2.63. The standard InChI is InChI=1S/C11H9BrClFN2O5S/c12-7-2-8(14)11(9(3-7)16(18)19)15-4-6(1-10(15)17)5-22(13,20)21/h2-3,6H,1,4-5H2. The molecule has 0 bridgehead atoms. The largest absolute Gasteiger partial charge is 0.304 e. The summed E-state index contributed by atoms with van der Waals surface area (Å²) in [6.45, 7) is -0.149. The second-order valence-corrected chi connectivity index (χ2v) is 8.53. The summed E-state index contributed by atoms with van der Waals surface area (Å²) in [4.78, 5) is 23.1. The highest BCUT2D eigenvalue weighted by Crippen LogP contribution is 2.37. The first-order chi connectivity index (χ1) is 10.1. The molecule has 22 heavy (non-hydrogen) atoms. The van der Waals surface area contributed by atoms with Crippen LogP contribution in [0.5, 0.6) is 0 Å². The molecule has 0 radical (unpaired) electrons. The van der Waals surface area contributed by atoms with Gasteiger partial charge in [0.1, 0.15) is 0 Å². The molecule has 1 amide bonds. The minimum atomic E-state index is -3.82. The van der Waals surface area contributed by atoms with Crippen molar-refractivity contribution in [2.24, 2.45) is 5.92 Å². The fourth-order valence-electron chi connectivity index (χ4n) is 2.35. The van der Waals surface area contributed by atoms with Crippen molar-refractivity contribution < 1.29 is 22.5 Å². The Hall–Kier alpha value is -1.26. The topological polar surface area (TPSA) is 97.6 Å². The SMILES string of the molecule is O=C1CC(CS(=O)(=O)Cl)CN1c1c(F)cc(Br)cc1[N+](=O)[O-]. The highest BCUT2D eigenvalue weighted by atomic mass is 79.9. The molecule has 0 N–H and O–H groups in total. The van der Waals surface area contributed by atoms with Crippen LogP contribution in [-0.4, -0.2) is 31.5 Å². The molecular formula is C11H9BrClFN2O5S.